The van der Waals surface area contributed by atoms with E-state index < -0.39 is 12.1 Å². The van der Waals surface area contributed by atoms with Gasteiger partial charge in [0.25, 0.3) is 0 Å². The Kier molecular flexibility index (Phi) is 4.36. The number of nitrogens with zero attached hydrogens (tertiary/aromatic N) is 2. The lowest BCUT2D eigenvalue weighted by molar-refractivity contribution is -0.134. The van der Waals surface area contributed by atoms with Crippen LogP contribution in [-0.4, -0.2) is 46.9 Å². The molecule has 0 radical (unpaired) electrons. The number of alkyl halides is 1. The minimum atomic E-state index is -0.926. The highest BCUT2D eigenvalue weighted by molar-refractivity contribution is 6.02. The molecule has 2 fully saturated rings. The van der Waals surface area contributed by atoms with Crippen LogP contribution in [0.5, 0.6) is 0 Å². The lowest BCUT2D eigenvalue weighted by Crippen LogP contribution is -2.45. The Morgan fingerprint density at radius 3 is 2.92 bits per heavy atom. The van der Waals surface area contributed by atoms with Crippen molar-refractivity contribution < 1.29 is 14.0 Å². The topological polar surface area (TPSA) is 88.0 Å². The third kappa shape index (κ3) is 3.05. The van der Waals surface area contributed by atoms with E-state index in [1.54, 1.807) is 4.68 Å². The number of fused-ring (bicyclic) bond motifs is 1. The van der Waals surface area contributed by atoms with Gasteiger partial charge in [0.2, 0.25) is 11.8 Å². The number of rotatable bonds is 3. The Morgan fingerprint density at radius 2 is 2.15 bits per heavy atom. The monoisotopic (exact) mass is 359 g/mol. The highest BCUT2D eigenvalue weighted by Gasteiger charge is 2.31. The van der Waals surface area contributed by atoms with Crippen LogP contribution in [0, 0.1) is 0 Å². The van der Waals surface area contributed by atoms with E-state index in [-0.39, 0.29) is 17.9 Å². The average molecular weight is 359 g/mol. The van der Waals surface area contributed by atoms with Gasteiger partial charge in [0, 0.05) is 31.1 Å². The SMILES string of the molecule is Cn1nc(C2CCC(=O)NC2=O)c2ccc(N[C@@H]3CCNC[C@@H]3F)cc21. The molecule has 3 atom stereocenters. The molecule has 8 heteroatoms. The second-order valence-electron chi connectivity index (χ2n) is 7.00. The summed E-state index contributed by atoms with van der Waals surface area (Å²) in [5.41, 5.74) is 2.40. The summed E-state index contributed by atoms with van der Waals surface area (Å²) >= 11 is 0. The summed E-state index contributed by atoms with van der Waals surface area (Å²) in [4.78, 5) is 23.6. The molecule has 1 aromatic carbocycles. The Balaban J connectivity index is 1.62. The van der Waals surface area contributed by atoms with Crippen molar-refractivity contribution in [2.45, 2.75) is 37.4 Å². The van der Waals surface area contributed by atoms with Crippen molar-refractivity contribution >= 4 is 28.4 Å². The lowest BCUT2D eigenvalue weighted by atomic mass is 9.93. The number of aryl methyl sites for hydroxylation is 1. The summed E-state index contributed by atoms with van der Waals surface area (Å²) in [7, 11) is 1.82. The number of imide groups is 1. The molecule has 4 rings (SSSR count). The predicted molar refractivity (Wildman–Crippen MR) is 95.6 cm³/mol. The van der Waals surface area contributed by atoms with Gasteiger partial charge in [-0.05, 0) is 37.6 Å². The Labute approximate surface area is 150 Å². The second-order valence-corrected chi connectivity index (χ2v) is 7.00. The zero-order chi connectivity index (χ0) is 18.3. The number of hydrogen-bond acceptors (Lipinski definition) is 5. The summed E-state index contributed by atoms with van der Waals surface area (Å²) in [6.45, 7) is 1.16. The summed E-state index contributed by atoms with van der Waals surface area (Å²) in [6, 6.07) is 5.54. The van der Waals surface area contributed by atoms with Gasteiger partial charge in [-0.25, -0.2) is 4.39 Å². The Hall–Kier alpha value is -2.48. The standard InChI is InChI=1S/C18H22FN5O2/c1-24-15-8-10(21-14-6-7-20-9-13(14)19)2-3-11(15)17(23-24)12-4-5-16(25)22-18(12)26/h2-3,8,12-14,20-21H,4-7,9H2,1H3,(H,22,25,26)/t12?,13-,14+/m0/s1. The van der Waals surface area contributed by atoms with Gasteiger partial charge in [0.05, 0.1) is 23.2 Å². The smallest absolute Gasteiger partial charge is 0.235 e. The van der Waals surface area contributed by atoms with Crippen LogP contribution < -0.4 is 16.0 Å². The molecule has 26 heavy (non-hydrogen) atoms. The highest BCUT2D eigenvalue weighted by Crippen LogP contribution is 2.31. The Bertz CT molecular complexity index is 865. The fourth-order valence-corrected chi connectivity index (χ4v) is 3.78. The molecular formula is C18H22FN5O2. The van der Waals surface area contributed by atoms with E-state index in [4.69, 9.17) is 0 Å². The predicted octanol–water partition coefficient (Wildman–Crippen LogP) is 1.21. The maximum Gasteiger partial charge on any atom is 0.235 e. The number of piperidine rings is 2. The molecule has 0 bridgehead atoms. The number of benzene rings is 1. The highest BCUT2D eigenvalue weighted by atomic mass is 19.1. The van der Waals surface area contributed by atoms with Crippen LogP contribution in [0.2, 0.25) is 0 Å². The summed E-state index contributed by atoms with van der Waals surface area (Å²) in [5, 5.41) is 14.1. The van der Waals surface area contributed by atoms with Crippen LogP contribution in [0.25, 0.3) is 10.9 Å². The molecule has 0 saturated carbocycles. The summed E-state index contributed by atoms with van der Waals surface area (Å²) in [6.07, 6.45) is 0.591. The molecule has 3 heterocycles. The number of carbonyl (C=O) groups excluding carboxylic acids is 2. The summed E-state index contributed by atoms with van der Waals surface area (Å²) in [5.74, 6) is -0.950. The van der Waals surface area contributed by atoms with Crippen LogP contribution >= 0.6 is 0 Å². The fraction of sp³-hybridized carbons (Fsp3) is 0.500. The molecule has 1 unspecified atom stereocenters. The third-order valence-corrected chi connectivity index (χ3v) is 5.21. The second kappa shape index (κ2) is 6.68. The van der Waals surface area contributed by atoms with Crippen LogP contribution in [0.15, 0.2) is 18.2 Å². The molecule has 1 aromatic heterocycles. The van der Waals surface area contributed by atoms with E-state index in [0.717, 1.165) is 29.6 Å². The molecule has 2 amide bonds. The molecule has 2 saturated heterocycles. The number of halogens is 1. The number of amides is 2. The zero-order valence-electron chi connectivity index (χ0n) is 14.6. The third-order valence-electron chi connectivity index (χ3n) is 5.21. The maximum absolute atomic E-state index is 14.0. The van der Waals surface area contributed by atoms with Crippen LogP contribution in [-0.2, 0) is 16.6 Å². The minimum Gasteiger partial charge on any atom is -0.379 e. The van der Waals surface area contributed by atoms with Crippen molar-refractivity contribution in [1.82, 2.24) is 20.4 Å². The first-order chi connectivity index (χ1) is 12.5. The van der Waals surface area contributed by atoms with Gasteiger partial charge in [-0.2, -0.15) is 5.10 Å². The largest absolute Gasteiger partial charge is 0.379 e. The molecular weight excluding hydrogens is 337 g/mol. The van der Waals surface area contributed by atoms with E-state index in [0.29, 0.717) is 25.1 Å². The van der Waals surface area contributed by atoms with E-state index in [1.165, 1.54) is 0 Å². The number of nitrogens with one attached hydrogen (secondary N) is 3. The fourth-order valence-electron chi connectivity index (χ4n) is 3.78. The molecule has 7 nitrogen and oxygen atoms in total. The van der Waals surface area contributed by atoms with E-state index >= 15 is 0 Å². The van der Waals surface area contributed by atoms with Gasteiger partial charge in [0.15, 0.2) is 0 Å². The number of carbonyl (C=O) groups is 2. The minimum absolute atomic E-state index is 0.212. The molecule has 3 N–H and O–H groups in total. The van der Waals surface area contributed by atoms with Gasteiger partial charge < -0.3 is 10.6 Å². The molecule has 2 aliphatic heterocycles. The first-order valence-electron chi connectivity index (χ1n) is 8.94. The zero-order valence-corrected chi connectivity index (χ0v) is 14.6. The van der Waals surface area contributed by atoms with Gasteiger partial charge in [-0.1, -0.05) is 0 Å². The van der Waals surface area contributed by atoms with Gasteiger partial charge in [-0.15, -0.1) is 0 Å². The quantitative estimate of drug-likeness (QED) is 0.717. The van der Waals surface area contributed by atoms with E-state index in [2.05, 4.69) is 21.0 Å². The maximum atomic E-state index is 14.0. The number of anilines is 1. The van der Waals surface area contributed by atoms with Crippen LogP contribution in [0.4, 0.5) is 10.1 Å². The van der Waals surface area contributed by atoms with Gasteiger partial charge in [0.1, 0.15) is 6.17 Å². The van der Waals surface area contributed by atoms with Crippen LogP contribution in [0.1, 0.15) is 30.9 Å². The van der Waals surface area contributed by atoms with Crippen molar-refractivity contribution in [2.75, 3.05) is 18.4 Å². The van der Waals surface area contributed by atoms with Crippen molar-refractivity contribution in [3.05, 3.63) is 23.9 Å². The molecule has 138 valence electrons. The Morgan fingerprint density at radius 1 is 1.31 bits per heavy atom. The normalized spacial score (nSPS) is 26.8. The van der Waals surface area contributed by atoms with Crippen molar-refractivity contribution in [1.29, 1.82) is 0 Å². The van der Waals surface area contributed by atoms with Crippen molar-refractivity contribution in [3.8, 4) is 0 Å². The molecule has 2 aliphatic rings. The number of aromatic nitrogens is 2. The first kappa shape index (κ1) is 17.0. The molecule has 0 spiro atoms. The van der Waals surface area contributed by atoms with Crippen LogP contribution in [0.3, 0.4) is 0 Å². The number of hydrogen-bond donors (Lipinski definition) is 3. The average Bonchev–Trinajstić information content (AvgIpc) is 2.93. The van der Waals surface area contributed by atoms with Gasteiger partial charge in [-0.3, -0.25) is 19.6 Å². The lowest BCUT2D eigenvalue weighted by Gasteiger charge is -2.28. The molecule has 2 aromatic rings. The van der Waals surface area contributed by atoms with E-state index in [9.17, 15) is 14.0 Å². The van der Waals surface area contributed by atoms with Crippen molar-refractivity contribution in [3.63, 3.8) is 0 Å². The van der Waals surface area contributed by atoms with E-state index in [1.807, 2.05) is 25.2 Å². The first-order valence-corrected chi connectivity index (χ1v) is 8.94. The van der Waals surface area contributed by atoms with Crippen molar-refractivity contribution in [2.24, 2.45) is 7.05 Å². The summed E-state index contributed by atoms with van der Waals surface area (Å²) < 4.78 is 15.8. The molecule has 0 aliphatic carbocycles. The van der Waals surface area contributed by atoms with Gasteiger partial charge >= 0.3 is 0 Å².